The van der Waals surface area contributed by atoms with Crippen molar-refractivity contribution >= 4 is 23.2 Å². The number of anilines is 2. The van der Waals surface area contributed by atoms with Crippen molar-refractivity contribution in [1.82, 2.24) is 4.98 Å². The van der Waals surface area contributed by atoms with E-state index in [1.807, 2.05) is 0 Å². The largest absolute Gasteiger partial charge is 0.321 e. The first-order chi connectivity index (χ1) is 12.5. The number of carbonyl (C=O) groups excluding carboxylic acids is 2. The first-order valence-corrected chi connectivity index (χ1v) is 7.62. The Bertz CT molecular complexity index is 959. The normalized spacial score (nSPS) is 10.2. The molecule has 0 fully saturated rings. The van der Waals surface area contributed by atoms with Gasteiger partial charge in [-0.05, 0) is 54.6 Å². The maximum Gasteiger partial charge on any atom is 0.274 e. The molecular formula is C19H13F2N3O2. The summed E-state index contributed by atoms with van der Waals surface area (Å²) in [6.07, 6.45) is 0. The summed E-state index contributed by atoms with van der Waals surface area (Å²) in [5.41, 5.74) is 0.688. The van der Waals surface area contributed by atoms with Crippen LogP contribution in [0.1, 0.15) is 21.0 Å². The van der Waals surface area contributed by atoms with E-state index in [4.69, 9.17) is 0 Å². The van der Waals surface area contributed by atoms with Crippen LogP contribution in [0.2, 0.25) is 0 Å². The maximum atomic E-state index is 13.2. The highest BCUT2D eigenvalue weighted by Gasteiger charge is 2.13. The number of benzene rings is 2. The van der Waals surface area contributed by atoms with E-state index in [1.165, 1.54) is 66.7 Å². The second kappa shape index (κ2) is 7.52. The van der Waals surface area contributed by atoms with E-state index in [-0.39, 0.29) is 17.1 Å². The summed E-state index contributed by atoms with van der Waals surface area (Å²) in [5, 5.41) is 5.07. The van der Waals surface area contributed by atoms with E-state index in [9.17, 15) is 18.4 Å². The lowest BCUT2D eigenvalue weighted by atomic mass is 10.2. The molecule has 0 spiro atoms. The standard InChI is InChI=1S/C19H13F2N3O2/c20-12-7-9-14(10-8-12)22-18(25)16-5-2-6-17(24-16)19(26)23-15-4-1-3-13(21)11-15/h1-11H,(H,22,25)(H,23,26). The van der Waals surface area contributed by atoms with Crippen LogP contribution < -0.4 is 10.6 Å². The van der Waals surface area contributed by atoms with Crippen LogP contribution in [0, 0.1) is 11.6 Å². The molecule has 1 aromatic heterocycles. The molecule has 0 aliphatic carbocycles. The van der Waals surface area contributed by atoms with E-state index in [0.717, 1.165) is 0 Å². The van der Waals surface area contributed by atoms with Crippen LogP contribution in [-0.4, -0.2) is 16.8 Å². The SMILES string of the molecule is O=C(Nc1ccc(F)cc1)c1cccc(C(=O)Nc2cccc(F)c2)n1. The van der Waals surface area contributed by atoms with Crippen molar-refractivity contribution in [3.05, 3.63) is 89.8 Å². The van der Waals surface area contributed by atoms with Crippen LogP contribution in [0.5, 0.6) is 0 Å². The highest BCUT2D eigenvalue weighted by molar-refractivity contribution is 6.06. The van der Waals surface area contributed by atoms with Gasteiger partial charge in [0.25, 0.3) is 11.8 Å². The lowest BCUT2D eigenvalue weighted by Gasteiger charge is -2.07. The summed E-state index contributed by atoms with van der Waals surface area (Å²) < 4.78 is 26.1. The Kier molecular flexibility index (Phi) is 4.98. The third-order valence-electron chi connectivity index (χ3n) is 3.40. The van der Waals surface area contributed by atoms with Crippen LogP contribution in [-0.2, 0) is 0 Å². The number of amides is 2. The van der Waals surface area contributed by atoms with Gasteiger partial charge in [0.2, 0.25) is 0 Å². The molecule has 0 saturated carbocycles. The number of rotatable bonds is 4. The van der Waals surface area contributed by atoms with Gasteiger partial charge in [0, 0.05) is 11.4 Å². The number of halogens is 2. The molecule has 7 heteroatoms. The van der Waals surface area contributed by atoms with E-state index in [1.54, 1.807) is 0 Å². The van der Waals surface area contributed by atoms with Crippen LogP contribution in [0.3, 0.4) is 0 Å². The number of pyridine rings is 1. The number of carbonyl (C=O) groups is 2. The second-order valence-corrected chi connectivity index (χ2v) is 5.33. The smallest absolute Gasteiger partial charge is 0.274 e. The molecular weight excluding hydrogens is 340 g/mol. The van der Waals surface area contributed by atoms with E-state index < -0.39 is 23.4 Å². The lowest BCUT2D eigenvalue weighted by Crippen LogP contribution is -2.18. The number of hydrogen-bond donors (Lipinski definition) is 2. The molecule has 0 aliphatic heterocycles. The monoisotopic (exact) mass is 353 g/mol. The second-order valence-electron chi connectivity index (χ2n) is 5.33. The Morgan fingerprint density at radius 1 is 0.692 bits per heavy atom. The number of hydrogen-bond acceptors (Lipinski definition) is 3. The first-order valence-electron chi connectivity index (χ1n) is 7.62. The predicted octanol–water partition coefficient (Wildman–Crippen LogP) is 3.86. The van der Waals surface area contributed by atoms with Crippen molar-refractivity contribution in [3.8, 4) is 0 Å². The summed E-state index contributed by atoms with van der Waals surface area (Å²) in [5.74, 6) is -2.02. The zero-order chi connectivity index (χ0) is 18.5. The number of aromatic nitrogens is 1. The van der Waals surface area contributed by atoms with Crippen molar-refractivity contribution in [3.63, 3.8) is 0 Å². The minimum atomic E-state index is -0.577. The molecule has 2 N–H and O–H groups in total. The van der Waals surface area contributed by atoms with Crippen molar-refractivity contribution in [1.29, 1.82) is 0 Å². The van der Waals surface area contributed by atoms with Gasteiger partial charge in [0.15, 0.2) is 0 Å². The maximum absolute atomic E-state index is 13.2. The fraction of sp³-hybridized carbons (Fsp3) is 0. The van der Waals surface area contributed by atoms with Gasteiger partial charge in [0.05, 0.1) is 0 Å². The third-order valence-corrected chi connectivity index (χ3v) is 3.40. The quantitative estimate of drug-likeness (QED) is 0.748. The predicted molar refractivity (Wildman–Crippen MR) is 92.9 cm³/mol. The van der Waals surface area contributed by atoms with Gasteiger partial charge in [0.1, 0.15) is 23.0 Å². The molecule has 0 saturated heterocycles. The molecule has 2 aromatic carbocycles. The molecule has 2 amide bonds. The first kappa shape index (κ1) is 17.2. The van der Waals surface area contributed by atoms with Gasteiger partial charge < -0.3 is 10.6 Å². The van der Waals surface area contributed by atoms with Gasteiger partial charge >= 0.3 is 0 Å². The average Bonchev–Trinajstić information content (AvgIpc) is 2.64. The zero-order valence-corrected chi connectivity index (χ0v) is 13.4. The molecule has 3 rings (SSSR count). The Morgan fingerprint density at radius 2 is 1.27 bits per heavy atom. The molecule has 0 atom stereocenters. The summed E-state index contributed by atoms with van der Waals surface area (Å²) in [7, 11) is 0. The van der Waals surface area contributed by atoms with Gasteiger partial charge in [-0.3, -0.25) is 9.59 Å². The van der Waals surface area contributed by atoms with E-state index in [2.05, 4.69) is 15.6 Å². The Hall–Kier alpha value is -3.61. The topological polar surface area (TPSA) is 71.1 Å². The Morgan fingerprint density at radius 3 is 1.88 bits per heavy atom. The highest BCUT2D eigenvalue weighted by Crippen LogP contribution is 2.12. The average molecular weight is 353 g/mol. The minimum Gasteiger partial charge on any atom is -0.321 e. The van der Waals surface area contributed by atoms with Crippen molar-refractivity contribution < 1.29 is 18.4 Å². The van der Waals surface area contributed by atoms with Crippen molar-refractivity contribution in [2.75, 3.05) is 10.6 Å². The highest BCUT2D eigenvalue weighted by atomic mass is 19.1. The molecule has 130 valence electrons. The van der Waals surface area contributed by atoms with Crippen LogP contribution >= 0.6 is 0 Å². The van der Waals surface area contributed by atoms with Gasteiger partial charge in [-0.15, -0.1) is 0 Å². The van der Waals surface area contributed by atoms with Crippen molar-refractivity contribution in [2.45, 2.75) is 0 Å². The molecule has 0 radical (unpaired) electrons. The van der Waals surface area contributed by atoms with Gasteiger partial charge in [-0.1, -0.05) is 12.1 Å². The van der Waals surface area contributed by atoms with Crippen LogP contribution in [0.25, 0.3) is 0 Å². The van der Waals surface area contributed by atoms with Crippen LogP contribution in [0.15, 0.2) is 66.7 Å². The summed E-state index contributed by atoms with van der Waals surface area (Å²) >= 11 is 0. The number of nitrogens with zero attached hydrogens (tertiary/aromatic N) is 1. The van der Waals surface area contributed by atoms with Crippen molar-refractivity contribution in [2.24, 2.45) is 0 Å². The lowest BCUT2D eigenvalue weighted by molar-refractivity contribution is 0.101. The molecule has 5 nitrogen and oxygen atoms in total. The number of nitrogens with one attached hydrogen (secondary N) is 2. The molecule has 3 aromatic rings. The molecule has 0 bridgehead atoms. The summed E-state index contributed by atoms with van der Waals surface area (Å²) in [4.78, 5) is 28.5. The Labute approximate surface area is 147 Å². The van der Waals surface area contributed by atoms with E-state index >= 15 is 0 Å². The zero-order valence-electron chi connectivity index (χ0n) is 13.4. The fourth-order valence-electron chi connectivity index (χ4n) is 2.18. The molecule has 1 heterocycles. The molecule has 0 aliphatic rings. The Balaban J connectivity index is 1.73. The van der Waals surface area contributed by atoms with E-state index in [0.29, 0.717) is 5.69 Å². The van der Waals surface area contributed by atoms with Gasteiger partial charge in [-0.2, -0.15) is 0 Å². The fourth-order valence-corrected chi connectivity index (χ4v) is 2.18. The molecule has 0 unspecified atom stereocenters. The minimum absolute atomic E-state index is 0.000942. The summed E-state index contributed by atoms with van der Waals surface area (Å²) in [6.45, 7) is 0. The third kappa shape index (κ3) is 4.27. The summed E-state index contributed by atoms with van der Waals surface area (Å²) in [6, 6.07) is 15.1. The molecule has 26 heavy (non-hydrogen) atoms. The van der Waals surface area contributed by atoms with Gasteiger partial charge in [-0.25, -0.2) is 13.8 Å². The van der Waals surface area contributed by atoms with Crippen LogP contribution in [0.4, 0.5) is 20.2 Å².